The first-order valence-electron chi connectivity index (χ1n) is 5.43. The Kier molecular flexibility index (Phi) is 4.75. The molecule has 5 heteroatoms. The molecule has 0 aliphatic rings. The van der Waals surface area contributed by atoms with E-state index in [0.29, 0.717) is 6.54 Å². The topological polar surface area (TPSA) is 41.0 Å². The summed E-state index contributed by atoms with van der Waals surface area (Å²) in [4.78, 5) is 12.7. The van der Waals surface area contributed by atoms with Gasteiger partial charge in [-0.1, -0.05) is 0 Å². The van der Waals surface area contributed by atoms with E-state index in [0.717, 1.165) is 17.4 Å². The highest BCUT2D eigenvalue weighted by molar-refractivity contribution is 5.79. The van der Waals surface area contributed by atoms with Crippen LogP contribution >= 0.6 is 0 Å². The molecule has 0 atom stereocenters. The van der Waals surface area contributed by atoms with Crippen LogP contribution in [0, 0.1) is 0 Å². The van der Waals surface area contributed by atoms with Crippen molar-refractivity contribution >= 4 is 5.96 Å². The number of aliphatic imine (C=N–C) groups is 1. The van der Waals surface area contributed by atoms with Gasteiger partial charge in [0.2, 0.25) is 0 Å². The SMILES string of the molecule is COc1cccnc1CN=C(N(C)C)N(C)C. The van der Waals surface area contributed by atoms with Gasteiger partial charge < -0.3 is 14.5 Å². The smallest absolute Gasteiger partial charge is 0.195 e. The predicted molar refractivity (Wildman–Crippen MR) is 69.3 cm³/mol. The molecule has 0 spiro atoms. The molecule has 0 saturated heterocycles. The van der Waals surface area contributed by atoms with Gasteiger partial charge >= 0.3 is 0 Å². The van der Waals surface area contributed by atoms with Crippen LogP contribution in [0.3, 0.4) is 0 Å². The lowest BCUT2D eigenvalue weighted by atomic mass is 10.3. The van der Waals surface area contributed by atoms with Gasteiger partial charge in [0, 0.05) is 34.4 Å². The van der Waals surface area contributed by atoms with E-state index in [1.165, 1.54) is 0 Å². The Bertz CT molecular complexity index is 378. The molecule has 0 aromatic carbocycles. The number of aromatic nitrogens is 1. The van der Waals surface area contributed by atoms with Crippen molar-refractivity contribution in [2.75, 3.05) is 35.3 Å². The first-order valence-corrected chi connectivity index (χ1v) is 5.43. The lowest BCUT2D eigenvalue weighted by Crippen LogP contribution is -2.35. The van der Waals surface area contributed by atoms with E-state index in [1.807, 2.05) is 50.1 Å². The minimum atomic E-state index is 0.510. The number of rotatable bonds is 3. The van der Waals surface area contributed by atoms with Crippen LogP contribution in [-0.2, 0) is 6.54 Å². The van der Waals surface area contributed by atoms with Crippen LogP contribution in [0.2, 0.25) is 0 Å². The van der Waals surface area contributed by atoms with Crippen LogP contribution in [0.25, 0.3) is 0 Å². The van der Waals surface area contributed by atoms with Gasteiger partial charge in [-0.3, -0.25) is 4.98 Å². The number of pyridine rings is 1. The fourth-order valence-electron chi connectivity index (χ4n) is 1.56. The van der Waals surface area contributed by atoms with Gasteiger partial charge in [-0.05, 0) is 12.1 Å². The molecule has 1 heterocycles. The maximum atomic E-state index is 5.24. The van der Waals surface area contributed by atoms with Crippen molar-refractivity contribution in [2.45, 2.75) is 6.54 Å². The van der Waals surface area contributed by atoms with E-state index in [-0.39, 0.29) is 0 Å². The molecule has 1 aromatic heterocycles. The maximum absolute atomic E-state index is 5.24. The second-order valence-electron chi connectivity index (χ2n) is 4.06. The molecule has 5 nitrogen and oxygen atoms in total. The Hall–Kier alpha value is -1.78. The summed E-state index contributed by atoms with van der Waals surface area (Å²) in [6.45, 7) is 0.510. The van der Waals surface area contributed by atoms with Crippen molar-refractivity contribution in [1.29, 1.82) is 0 Å². The highest BCUT2D eigenvalue weighted by atomic mass is 16.5. The molecule has 0 saturated carbocycles. The summed E-state index contributed by atoms with van der Waals surface area (Å²) in [6.07, 6.45) is 1.75. The van der Waals surface area contributed by atoms with E-state index in [2.05, 4.69) is 9.98 Å². The fraction of sp³-hybridized carbons (Fsp3) is 0.500. The van der Waals surface area contributed by atoms with Crippen LogP contribution < -0.4 is 4.74 Å². The summed E-state index contributed by atoms with van der Waals surface area (Å²) in [5.41, 5.74) is 0.844. The molecule has 0 unspecified atom stereocenters. The van der Waals surface area contributed by atoms with Crippen LogP contribution in [0.15, 0.2) is 23.3 Å². The van der Waals surface area contributed by atoms with Crippen molar-refractivity contribution in [3.05, 3.63) is 24.0 Å². The molecule has 0 N–H and O–H groups in total. The molecular formula is C12H20N4O. The van der Waals surface area contributed by atoms with E-state index >= 15 is 0 Å². The Balaban J connectivity index is 2.87. The van der Waals surface area contributed by atoms with E-state index < -0.39 is 0 Å². The maximum Gasteiger partial charge on any atom is 0.195 e. The lowest BCUT2D eigenvalue weighted by Gasteiger charge is -2.22. The highest BCUT2D eigenvalue weighted by Crippen LogP contribution is 2.15. The van der Waals surface area contributed by atoms with Crippen molar-refractivity contribution in [2.24, 2.45) is 4.99 Å². The van der Waals surface area contributed by atoms with Gasteiger partial charge in [-0.25, -0.2) is 4.99 Å². The van der Waals surface area contributed by atoms with Crippen LogP contribution in [0.5, 0.6) is 5.75 Å². The van der Waals surface area contributed by atoms with E-state index in [9.17, 15) is 0 Å². The molecule has 0 radical (unpaired) electrons. The summed E-state index contributed by atoms with van der Waals surface area (Å²) >= 11 is 0. The first-order chi connectivity index (χ1) is 8.06. The van der Waals surface area contributed by atoms with Gasteiger partial charge in [-0.15, -0.1) is 0 Å². The summed E-state index contributed by atoms with van der Waals surface area (Å²) in [7, 11) is 9.51. The molecule has 0 fully saturated rings. The summed E-state index contributed by atoms with van der Waals surface area (Å²) in [5, 5.41) is 0. The molecule has 0 aliphatic heterocycles. The van der Waals surface area contributed by atoms with Crippen molar-refractivity contribution in [1.82, 2.24) is 14.8 Å². The third-order valence-corrected chi connectivity index (χ3v) is 2.24. The van der Waals surface area contributed by atoms with Gasteiger partial charge in [0.25, 0.3) is 0 Å². The molecule has 1 aromatic rings. The molecule has 94 valence electrons. The minimum Gasteiger partial charge on any atom is -0.495 e. The van der Waals surface area contributed by atoms with Crippen molar-refractivity contribution in [3.8, 4) is 5.75 Å². The first kappa shape index (κ1) is 13.3. The number of hydrogen-bond acceptors (Lipinski definition) is 3. The number of guanidine groups is 1. The minimum absolute atomic E-state index is 0.510. The third kappa shape index (κ3) is 3.62. The zero-order valence-electron chi connectivity index (χ0n) is 11.1. The standard InChI is InChI=1S/C12H20N4O/c1-15(2)12(16(3)4)14-9-10-11(17-5)7-6-8-13-10/h6-8H,9H2,1-5H3. The molecular weight excluding hydrogens is 216 g/mol. The monoisotopic (exact) mass is 236 g/mol. The Morgan fingerprint density at radius 1 is 1.29 bits per heavy atom. The van der Waals surface area contributed by atoms with Crippen molar-refractivity contribution in [3.63, 3.8) is 0 Å². The van der Waals surface area contributed by atoms with Gasteiger partial charge in [0.05, 0.1) is 13.7 Å². The zero-order valence-corrected chi connectivity index (χ0v) is 11.1. The van der Waals surface area contributed by atoms with Crippen LogP contribution in [0.1, 0.15) is 5.69 Å². The Labute approximate surface area is 103 Å². The molecule has 0 aliphatic carbocycles. The quantitative estimate of drug-likeness (QED) is 0.581. The number of ether oxygens (including phenoxy) is 1. The highest BCUT2D eigenvalue weighted by Gasteiger charge is 2.06. The molecule has 17 heavy (non-hydrogen) atoms. The number of methoxy groups -OCH3 is 1. The predicted octanol–water partition coefficient (Wildman–Crippen LogP) is 1.07. The average Bonchev–Trinajstić information content (AvgIpc) is 2.29. The number of nitrogens with zero attached hydrogens (tertiary/aromatic N) is 4. The second-order valence-corrected chi connectivity index (χ2v) is 4.06. The summed E-state index contributed by atoms with van der Waals surface area (Å²) < 4.78 is 5.24. The van der Waals surface area contributed by atoms with Gasteiger partial charge in [0.15, 0.2) is 5.96 Å². The summed E-state index contributed by atoms with van der Waals surface area (Å²) in [6, 6.07) is 3.74. The van der Waals surface area contributed by atoms with Crippen molar-refractivity contribution < 1.29 is 4.74 Å². The largest absolute Gasteiger partial charge is 0.495 e. The van der Waals surface area contributed by atoms with Crippen LogP contribution in [-0.4, -0.2) is 56.0 Å². The average molecular weight is 236 g/mol. The van der Waals surface area contributed by atoms with E-state index in [4.69, 9.17) is 4.74 Å². The second kappa shape index (κ2) is 6.08. The molecule has 1 rings (SSSR count). The molecule has 0 bridgehead atoms. The zero-order chi connectivity index (χ0) is 12.8. The summed E-state index contributed by atoms with van der Waals surface area (Å²) in [5.74, 6) is 1.67. The number of hydrogen-bond donors (Lipinski definition) is 0. The Morgan fingerprint density at radius 2 is 1.94 bits per heavy atom. The van der Waals surface area contributed by atoms with Gasteiger partial charge in [0.1, 0.15) is 11.4 Å². The van der Waals surface area contributed by atoms with Gasteiger partial charge in [-0.2, -0.15) is 0 Å². The lowest BCUT2D eigenvalue weighted by molar-refractivity contribution is 0.406. The van der Waals surface area contributed by atoms with E-state index in [1.54, 1.807) is 13.3 Å². The van der Waals surface area contributed by atoms with Crippen LogP contribution in [0.4, 0.5) is 0 Å². The Morgan fingerprint density at radius 3 is 2.47 bits per heavy atom. The third-order valence-electron chi connectivity index (χ3n) is 2.24. The normalized spacial score (nSPS) is 9.71. The fourth-order valence-corrected chi connectivity index (χ4v) is 1.56. The molecule has 0 amide bonds.